The van der Waals surface area contributed by atoms with Crippen LogP contribution in [0.3, 0.4) is 0 Å². The van der Waals surface area contributed by atoms with Gasteiger partial charge in [-0.1, -0.05) is 12.1 Å². The van der Waals surface area contributed by atoms with E-state index in [1.54, 1.807) is 18.2 Å². The second-order valence-electron chi connectivity index (χ2n) is 6.96. The molecule has 1 aromatic heterocycles. The van der Waals surface area contributed by atoms with Crippen molar-refractivity contribution in [2.45, 2.75) is 32.0 Å². The van der Waals surface area contributed by atoms with E-state index in [1.165, 1.54) is 6.07 Å². The fraction of sp³-hybridized carbons (Fsp3) is 0.350. The summed E-state index contributed by atoms with van der Waals surface area (Å²) in [5.41, 5.74) is 1.50. The van der Waals surface area contributed by atoms with Gasteiger partial charge in [0, 0.05) is 19.6 Å². The first kappa shape index (κ1) is 18.7. The van der Waals surface area contributed by atoms with Crippen molar-refractivity contribution in [2.24, 2.45) is 0 Å². The molecule has 0 aliphatic carbocycles. The van der Waals surface area contributed by atoms with Crippen molar-refractivity contribution < 1.29 is 22.0 Å². The Morgan fingerprint density at radius 1 is 0.929 bits per heavy atom. The average Bonchev–Trinajstić information content (AvgIpc) is 3.04. The van der Waals surface area contributed by atoms with Gasteiger partial charge in [-0.15, -0.1) is 0 Å². The highest BCUT2D eigenvalue weighted by atomic mass is 19.4. The third kappa shape index (κ3) is 3.43. The minimum Gasteiger partial charge on any atom is -0.370 e. The van der Waals surface area contributed by atoms with Crippen molar-refractivity contribution >= 4 is 16.7 Å². The Kier molecular flexibility index (Phi) is 4.72. The molecule has 0 bridgehead atoms. The number of imidazole rings is 1. The smallest absolute Gasteiger partial charge is 0.370 e. The van der Waals surface area contributed by atoms with Crippen LogP contribution in [0.2, 0.25) is 0 Å². The summed E-state index contributed by atoms with van der Waals surface area (Å²) >= 11 is 0. The van der Waals surface area contributed by atoms with Crippen molar-refractivity contribution in [3.05, 3.63) is 59.4 Å². The van der Waals surface area contributed by atoms with Crippen LogP contribution in [0.5, 0.6) is 0 Å². The molecule has 3 aromatic rings. The predicted octanol–water partition coefficient (Wildman–Crippen LogP) is 5.37. The van der Waals surface area contributed by atoms with Crippen LogP contribution < -0.4 is 4.90 Å². The van der Waals surface area contributed by atoms with E-state index in [9.17, 15) is 22.0 Å². The van der Waals surface area contributed by atoms with E-state index < -0.39 is 23.6 Å². The van der Waals surface area contributed by atoms with Gasteiger partial charge in [0.1, 0.15) is 5.52 Å². The molecule has 0 N–H and O–H groups in total. The van der Waals surface area contributed by atoms with Crippen molar-refractivity contribution in [3.63, 3.8) is 0 Å². The van der Waals surface area contributed by atoms with Gasteiger partial charge in [-0.05, 0) is 49.1 Å². The van der Waals surface area contributed by atoms with E-state index >= 15 is 0 Å². The zero-order valence-corrected chi connectivity index (χ0v) is 14.9. The van der Waals surface area contributed by atoms with Gasteiger partial charge < -0.3 is 9.47 Å². The third-order valence-corrected chi connectivity index (χ3v) is 5.03. The zero-order chi connectivity index (χ0) is 19.9. The number of para-hydroxylation sites is 1. The van der Waals surface area contributed by atoms with Crippen molar-refractivity contribution in [3.8, 4) is 0 Å². The fourth-order valence-corrected chi connectivity index (χ4v) is 3.72. The zero-order valence-electron chi connectivity index (χ0n) is 14.9. The van der Waals surface area contributed by atoms with Crippen LogP contribution in [-0.2, 0) is 12.7 Å². The molecule has 148 valence electrons. The van der Waals surface area contributed by atoms with Gasteiger partial charge in [0.2, 0.25) is 5.82 Å². The van der Waals surface area contributed by atoms with E-state index in [4.69, 9.17) is 0 Å². The molecule has 1 saturated heterocycles. The number of anilines is 1. The first-order valence-electron chi connectivity index (χ1n) is 9.10. The summed E-state index contributed by atoms with van der Waals surface area (Å²) in [5.74, 6) is -3.18. The number of benzene rings is 2. The highest BCUT2D eigenvalue weighted by Gasteiger charge is 2.38. The number of halogens is 5. The molecule has 2 aromatic carbocycles. The molecule has 1 aliphatic heterocycles. The normalized spacial score (nSPS) is 15.4. The average molecular weight is 395 g/mol. The van der Waals surface area contributed by atoms with Gasteiger partial charge in [0.05, 0.1) is 11.2 Å². The van der Waals surface area contributed by atoms with Gasteiger partial charge in [0.25, 0.3) is 0 Å². The summed E-state index contributed by atoms with van der Waals surface area (Å²) in [6.07, 6.45) is -1.60. The topological polar surface area (TPSA) is 21.1 Å². The van der Waals surface area contributed by atoms with Crippen LogP contribution in [0.25, 0.3) is 11.0 Å². The van der Waals surface area contributed by atoms with Gasteiger partial charge in [-0.2, -0.15) is 13.2 Å². The molecule has 1 aliphatic rings. The molecular weight excluding hydrogens is 377 g/mol. The minimum atomic E-state index is -4.67. The van der Waals surface area contributed by atoms with Crippen LogP contribution in [0.15, 0.2) is 36.4 Å². The number of piperidine rings is 1. The first-order chi connectivity index (χ1) is 13.3. The molecule has 0 amide bonds. The Balaban J connectivity index is 1.84. The number of rotatable bonds is 3. The molecule has 0 spiro atoms. The highest BCUT2D eigenvalue weighted by molar-refractivity contribution is 5.89. The van der Waals surface area contributed by atoms with Crippen molar-refractivity contribution in [1.82, 2.24) is 9.55 Å². The van der Waals surface area contributed by atoms with E-state index in [0.29, 0.717) is 11.2 Å². The summed E-state index contributed by atoms with van der Waals surface area (Å²) in [6.45, 7) is 1.29. The van der Waals surface area contributed by atoms with Crippen LogP contribution in [0.1, 0.15) is 30.7 Å². The van der Waals surface area contributed by atoms with E-state index in [-0.39, 0.29) is 17.6 Å². The van der Waals surface area contributed by atoms with Crippen LogP contribution in [-0.4, -0.2) is 22.6 Å². The van der Waals surface area contributed by atoms with Gasteiger partial charge >= 0.3 is 6.18 Å². The summed E-state index contributed by atoms with van der Waals surface area (Å²) in [7, 11) is 0. The number of hydrogen-bond donors (Lipinski definition) is 0. The summed E-state index contributed by atoms with van der Waals surface area (Å²) in [6, 6.07) is 8.16. The molecule has 2 heterocycles. The number of fused-ring (bicyclic) bond motifs is 1. The summed E-state index contributed by atoms with van der Waals surface area (Å²) < 4.78 is 68.8. The Labute approximate surface area is 158 Å². The standard InChI is InChI=1S/C20H18F5N3/c21-14-8-7-13(11-15(14)22)12-28-17-6-4-5-16(27-9-2-1-3-10-27)18(17)26-19(28)20(23,24)25/h4-8,11H,1-3,9-10,12H2. The van der Waals surface area contributed by atoms with Crippen molar-refractivity contribution in [2.75, 3.05) is 18.0 Å². The largest absolute Gasteiger partial charge is 0.449 e. The lowest BCUT2D eigenvalue weighted by Gasteiger charge is -2.28. The second kappa shape index (κ2) is 7.07. The molecule has 4 rings (SSSR count). The molecular formula is C20H18F5N3. The summed E-state index contributed by atoms with van der Waals surface area (Å²) in [5, 5.41) is 0. The molecule has 8 heteroatoms. The van der Waals surface area contributed by atoms with Crippen molar-refractivity contribution in [1.29, 1.82) is 0 Å². The first-order valence-corrected chi connectivity index (χ1v) is 9.10. The fourth-order valence-electron chi connectivity index (χ4n) is 3.72. The number of hydrogen-bond acceptors (Lipinski definition) is 2. The highest BCUT2D eigenvalue weighted by Crippen LogP contribution is 2.36. The van der Waals surface area contributed by atoms with E-state index in [0.717, 1.165) is 49.1 Å². The van der Waals surface area contributed by atoms with Gasteiger partial charge in [0.15, 0.2) is 11.6 Å². The van der Waals surface area contributed by atoms with Crippen LogP contribution in [0, 0.1) is 11.6 Å². The SMILES string of the molecule is Fc1ccc(Cn2c(C(F)(F)F)nc3c(N4CCCCC4)cccc32)cc1F. The van der Waals surface area contributed by atoms with E-state index in [2.05, 4.69) is 9.88 Å². The number of alkyl halides is 3. The Morgan fingerprint density at radius 3 is 2.36 bits per heavy atom. The Morgan fingerprint density at radius 2 is 1.68 bits per heavy atom. The molecule has 28 heavy (non-hydrogen) atoms. The van der Waals surface area contributed by atoms with Gasteiger partial charge in [-0.3, -0.25) is 0 Å². The van der Waals surface area contributed by atoms with E-state index in [1.807, 2.05) is 0 Å². The molecule has 0 atom stereocenters. The monoisotopic (exact) mass is 395 g/mol. The molecule has 0 saturated carbocycles. The number of aromatic nitrogens is 2. The maximum Gasteiger partial charge on any atom is 0.449 e. The van der Waals surface area contributed by atoms with Gasteiger partial charge in [-0.25, -0.2) is 13.8 Å². The molecule has 3 nitrogen and oxygen atoms in total. The predicted molar refractivity (Wildman–Crippen MR) is 96.3 cm³/mol. The Hall–Kier alpha value is -2.64. The molecule has 0 unspecified atom stereocenters. The van der Waals surface area contributed by atoms with Crippen LogP contribution in [0.4, 0.5) is 27.6 Å². The second-order valence-corrected chi connectivity index (χ2v) is 6.96. The third-order valence-electron chi connectivity index (χ3n) is 5.03. The maximum atomic E-state index is 13.7. The Bertz CT molecular complexity index is 1000. The summed E-state index contributed by atoms with van der Waals surface area (Å²) in [4.78, 5) is 5.98. The lowest BCUT2D eigenvalue weighted by Crippen LogP contribution is -2.29. The molecule has 1 fully saturated rings. The quantitative estimate of drug-likeness (QED) is 0.556. The van der Waals surface area contributed by atoms with Crippen LogP contribution >= 0.6 is 0 Å². The lowest BCUT2D eigenvalue weighted by molar-refractivity contribution is -0.146. The number of nitrogens with zero attached hydrogens (tertiary/aromatic N) is 3. The molecule has 0 radical (unpaired) electrons. The maximum absolute atomic E-state index is 13.7. The lowest BCUT2D eigenvalue weighted by atomic mass is 10.1. The minimum absolute atomic E-state index is 0.229.